The minimum Gasteiger partial charge on any atom is -0.493 e. The maximum absolute atomic E-state index is 12.2. The van der Waals surface area contributed by atoms with Gasteiger partial charge in [0.2, 0.25) is 5.91 Å². The van der Waals surface area contributed by atoms with Crippen molar-refractivity contribution in [1.29, 1.82) is 0 Å². The fraction of sp³-hybridized carbons (Fsp3) is 0.389. The zero-order valence-electron chi connectivity index (χ0n) is 15.0. The van der Waals surface area contributed by atoms with Gasteiger partial charge in [-0.3, -0.25) is 9.59 Å². The van der Waals surface area contributed by atoms with Crippen LogP contribution in [0, 0.1) is 0 Å². The third-order valence-electron chi connectivity index (χ3n) is 4.30. The molecule has 0 saturated carbocycles. The topological polar surface area (TPSA) is 108 Å². The molecule has 0 aliphatic carbocycles. The van der Waals surface area contributed by atoms with Gasteiger partial charge in [-0.25, -0.2) is 4.68 Å². The fourth-order valence-electron chi connectivity index (χ4n) is 3.10. The molecule has 0 spiro atoms. The number of anilines is 1. The monoisotopic (exact) mass is 358 g/mol. The molecule has 0 radical (unpaired) electrons. The molecule has 3 rings (SSSR count). The summed E-state index contributed by atoms with van der Waals surface area (Å²) in [6.45, 7) is 3.79. The van der Waals surface area contributed by atoms with Gasteiger partial charge in [-0.1, -0.05) is 6.07 Å². The molecule has 1 aliphatic heterocycles. The number of nitrogens with one attached hydrogen (secondary N) is 1. The second kappa shape index (κ2) is 7.07. The number of primary amides is 1. The van der Waals surface area contributed by atoms with Crippen LogP contribution in [0.4, 0.5) is 5.82 Å². The number of nitrogens with zero attached hydrogens (tertiary/aromatic N) is 2. The van der Waals surface area contributed by atoms with Gasteiger partial charge in [0, 0.05) is 23.9 Å². The first kappa shape index (κ1) is 17.8. The minimum atomic E-state index is -0.564. The molecule has 1 atom stereocenters. The Hall–Kier alpha value is -3.03. The summed E-state index contributed by atoms with van der Waals surface area (Å²) >= 11 is 0. The average Bonchev–Trinajstić information content (AvgIpc) is 3.02. The van der Waals surface area contributed by atoms with Crippen molar-refractivity contribution < 1.29 is 19.1 Å². The predicted octanol–water partition coefficient (Wildman–Crippen LogP) is 1.81. The molecule has 1 aromatic heterocycles. The van der Waals surface area contributed by atoms with Crippen molar-refractivity contribution in [2.24, 2.45) is 5.73 Å². The van der Waals surface area contributed by atoms with Gasteiger partial charge >= 0.3 is 0 Å². The summed E-state index contributed by atoms with van der Waals surface area (Å²) in [5.74, 6) is 0.879. The van der Waals surface area contributed by atoms with Crippen LogP contribution in [-0.4, -0.2) is 35.3 Å². The van der Waals surface area contributed by atoms with E-state index in [2.05, 4.69) is 10.4 Å². The average molecular weight is 358 g/mol. The van der Waals surface area contributed by atoms with E-state index in [9.17, 15) is 9.59 Å². The molecule has 2 aromatic rings. The van der Waals surface area contributed by atoms with E-state index >= 15 is 0 Å². The largest absolute Gasteiger partial charge is 0.493 e. The van der Waals surface area contributed by atoms with Crippen LogP contribution >= 0.6 is 0 Å². The molecule has 2 amide bonds. The lowest BCUT2D eigenvalue weighted by Crippen LogP contribution is -2.25. The Morgan fingerprint density at radius 2 is 2.19 bits per heavy atom. The summed E-state index contributed by atoms with van der Waals surface area (Å²) in [6.07, 6.45) is 2.12. The number of rotatable bonds is 6. The molecule has 0 bridgehead atoms. The van der Waals surface area contributed by atoms with Crippen molar-refractivity contribution in [2.75, 3.05) is 19.0 Å². The maximum atomic E-state index is 12.2. The maximum Gasteiger partial charge on any atom is 0.255 e. The van der Waals surface area contributed by atoms with Crippen LogP contribution < -0.4 is 20.5 Å². The molecular formula is C18H22N4O4. The number of aromatic nitrogens is 2. The number of methoxy groups -OCH3 is 1. The van der Waals surface area contributed by atoms with Crippen LogP contribution in [0.5, 0.6) is 11.5 Å². The summed E-state index contributed by atoms with van der Waals surface area (Å²) in [7, 11) is 1.52. The van der Waals surface area contributed by atoms with Gasteiger partial charge in [0.15, 0.2) is 18.1 Å². The Bertz CT molecular complexity index is 844. The van der Waals surface area contributed by atoms with Gasteiger partial charge in [-0.15, -0.1) is 0 Å². The Labute approximate surface area is 151 Å². The minimum absolute atomic E-state index is 0.0575. The van der Waals surface area contributed by atoms with Crippen LogP contribution in [-0.2, 0) is 9.59 Å². The molecule has 8 heteroatoms. The first-order valence-electron chi connectivity index (χ1n) is 8.37. The molecular weight excluding hydrogens is 336 g/mol. The molecule has 1 aromatic carbocycles. The number of nitrogens with two attached hydrogens (primary N) is 1. The number of hydrogen-bond donors (Lipinski definition) is 2. The molecule has 0 fully saturated rings. The summed E-state index contributed by atoms with van der Waals surface area (Å²) in [5.41, 5.74) is 6.99. The van der Waals surface area contributed by atoms with Crippen molar-refractivity contribution in [2.45, 2.75) is 32.2 Å². The molecule has 26 heavy (non-hydrogen) atoms. The number of hydrogen-bond acceptors (Lipinski definition) is 5. The van der Waals surface area contributed by atoms with E-state index in [1.165, 1.54) is 7.11 Å². The highest BCUT2D eigenvalue weighted by molar-refractivity contribution is 5.94. The Morgan fingerprint density at radius 3 is 2.85 bits per heavy atom. The molecule has 0 unspecified atom stereocenters. The molecule has 0 saturated heterocycles. The highest BCUT2D eigenvalue weighted by Crippen LogP contribution is 2.40. The van der Waals surface area contributed by atoms with E-state index in [-0.39, 0.29) is 24.5 Å². The summed E-state index contributed by atoms with van der Waals surface area (Å²) in [6, 6.07) is 5.53. The van der Waals surface area contributed by atoms with Crippen molar-refractivity contribution in [3.63, 3.8) is 0 Å². The van der Waals surface area contributed by atoms with Crippen molar-refractivity contribution in [3.8, 4) is 11.5 Å². The smallest absolute Gasteiger partial charge is 0.255 e. The van der Waals surface area contributed by atoms with E-state index in [0.717, 1.165) is 16.9 Å². The van der Waals surface area contributed by atoms with Crippen LogP contribution in [0.2, 0.25) is 0 Å². The number of amides is 2. The van der Waals surface area contributed by atoms with Gasteiger partial charge in [0.25, 0.3) is 5.91 Å². The highest BCUT2D eigenvalue weighted by Gasteiger charge is 2.31. The number of fused-ring (bicyclic) bond motifs is 1. The number of carbonyl (C=O) groups is 2. The highest BCUT2D eigenvalue weighted by atomic mass is 16.5. The normalized spacial score (nSPS) is 16.2. The van der Waals surface area contributed by atoms with E-state index in [1.54, 1.807) is 16.9 Å². The Morgan fingerprint density at radius 1 is 1.42 bits per heavy atom. The number of benzene rings is 1. The molecule has 8 nitrogen and oxygen atoms in total. The summed E-state index contributed by atoms with van der Waals surface area (Å²) in [5, 5.41) is 7.33. The Balaban J connectivity index is 1.97. The first-order valence-corrected chi connectivity index (χ1v) is 8.37. The van der Waals surface area contributed by atoms with E-state index in [0.29, 0.717) is 17.9 Å². The quantitative estimate of drug-likeness (QED) is 0.819. The molecule has 1 aliphatic rings. The third kappa shape index (κ3) is 3.35. The van der Waals surface area contributed by atoms with Crippen molar-refractivity contribution in [1.82, 2.24) is 9.78 Å². The standard InChI is InChI=1S/C18H22N4O4/c1-10(2)22-18-13(8-20-22)12(7-17(24)21-18)11-4-5-14(15(6-11)25-3)26-9-16(19)23/h4-6,8,10,12H,7,9H2,1-3H3,(H2,19,23)(H,21,24)/t12-/m1/s1. The van der Waals surface area contributed by atoms with Crippen molar-refractivity contribution >= 4 is 17.6 Å². The summed E-state index contributed by atoms with van der Waals surface area (Å²) in [4.78, 5) is 23.1. The third-order valence-corrected chi connectivity index (χ3v) is 4.30. The van der Waals surface area contributed by atoms with Crippen LogP contribution in [0.1, 0.15) is 43.4 Å². The van der Waals surface area contributed by atoms with E-state index in [4.69, 9.17) is 15.2 Å². The van der Waals surface area contributed by atoms with Gasteiger partial charge < -0.3 is 20.5 Å². The van der Waals surface area contributed by atoms with E-state index in [1.807, 2.05) is 26.0 Å². The zero-order chi connectivity index (χ0) is 18.8. The van der Waals surface area contributed by atoms with Crippen LogP contribution in [0.3, 0.4) is 0 Å². The lowest BCUT2D eigenvalue weighted by Gasteiger charge is -2.25. The second-order valence-corrected chi connectivity index (χ2v) is 6.46. The SMILES string of the molecule is COc1cc([C@H]2CC(=O)Nc3c2cnn3C(C)C)ccc1OCC(N)=O. The van der Waals surface area contributed by atoms with Crippen LogP contribution in [0.25, 0.3) is 0 Å². The van der Waals surface area contributed by atoms with E-state index < -0.39 is 5.91 Å². The molecule has 138 valence electrons. The number of ether oxygens (including phenoxy) is 2. The van der Waals surface area contributed by atoms with Gasteiger partial charge in [-0.2, -0.15) is 5.10 Å². The molecule has 2 heterocycles. The second-order valence-electron chi connectivity index (χ2n) is 6.46. The van der Waals surface area contributed by atoms with Crippen LogP contribution in [0.15, 0.2) is 24.4 Å². The molecule has 3 N–H and O–H groups in total. The zero-order valence-corrected chi connectivity index (χ0v) is 15.0. The first-order chi connectivity index (χ1) is 12.4. The lowest BCUT2D eigenvalue weighted by atomic mass is 9.87. The predicted molar refractivity (Wildman–Crippen MR) is 95.4 cm³/mol. The lowest BCUT2D eigenvalue weighted by molar-refractivity contribution is -0.120. The number of carbonyl (C=O) groups excluding carboxylic acids is 2. The van der Waals surface area contributed by atoms with Crippen molar-refractivity contribution in [3.05, 3.63) is 35.5 Å². The summed E-state index contributed by atoms with van der Waals surface area (Å²) < 4.78 is 12.5. The van der Waals surface area contributed by atoms with Gasteiger partial charge in [0.05, 0.1) is 13.3 Å². The van der Waals surface area contributed by atoms with Gasteiger partial charge in [-0.05, 0) is 31.5 Å². The van der Waals surface area contributed by atoms with Gasteiger partial charge in [0.1, 0.15) is 5.82 Å². The Kier molecular flexibility index (Phi) is 4.83. The fourth-order valence-corrected chi connectivity index (χ4v) is 3.10.